The fourth-order valence-corrected chi connectivity index (χ4v) is 2.49. The minimum atomic E-state index is -0.457. The zero-order valence-electron chi connectivity index (χ0n) is 12.1. The van der Waals surface area contributed by atoms with Crippen LogP contribution in [0.3, 0.4) is 0 Å². The Labute approximate surface area is 143 Å². The van der Waals surface area contributed by atoms with Crippen LogP contribution in [0.4, 0.5) is 5.69 Å². The highest BCUT2D eigenvalue weighted by Crippen LogP contribution is 2.26. The number of anilines is 1. The first-order chi connectivity index (χ1) is 11.0. The summed E-state index contributed by atoms with van der Waals surface area (Å²) in [5, 5.41) is 2.31. The van der Waals surface area contributed by atoms with Crippen LogP contribution in [0.15, 0.2) is 48.0 Å². The van der Waals surface area contributed by atoms with Crippen molar-refractivity contribution in [2.24, 2.45) is 0 Å². The summed E-state index contributed by atoms with van der Waals surface area (Å²) < 4.78 is 0. The number of hydrazine groups is 1. The van der Waals surface area contributed by atoms with Gasteiger partial charge < -0.3 is 0 Å². The van der Waals surface area contributed by atoms with Crippen molar-refractivity contribution in [2.75, 3.05) is 5.01 Å². The Morgan fingerprint density at radius 2 is 1.74 bits per heavy atom. The lowest BCUT2D eigenvalue weighted by Gasteiger charge is -2.15. The second kappa shape index (κ2) is 6.07. The van der Waals surface area contributed by atoms with E-state index in [1.807, 2.05) is 6.92 Å². The van der Waals surface area contributed by atoms with Crippen molar-refractivity contribution in [1.82, 2.24) is 5.43 Å². The summed E-state index contributed by atoms with van der Waals surface area (Å²) in [6.45, 7) is 1.86. The van der Waals surface area contributed by atoms with Gasteiger partial charge in [0.05, 0.1) is 5.69 Å². The normalized spacial score (nSPS) is 16.1. The second-order valence-electron chi connectivity index (χ2n) is 5.12. The second-order valence-corrected chi connectivity index (χ2v) is 5.97. The Morgan fingerprint density at radius 1 is 1.04 bits per heavy atom. The third kappa shape index (κ3) is 3.09. The van der Waals surface area contributed by atoms with Gasteiger partial charge in [0.25, 0.3) is 11.8 Å². The molecule has 1 aliphatic heterocycles. The Hall–Kier alpha value is -2.30. The van der Waals surface area contributed by atoms with E-state index in [9.17, 15) is 9.59 Å². The first kappa shape index (κ1) is 15.6. The smallest absolute Gasteiger partial charge is 0.267 e. The van der Waals surface area contributed by atoms with Gasteiger partial charge in [-0.25, -0.2) is 5.01 Å². The van der Waals surface area contributed by atoms with Crippen LogP contribution in [0.1, 0.15) is 11.1 Å². The van der Waals surface area contributed by atoms with E-state index in [1.54, 1.807) is 42.5 Å². The van der Waals surface area contributed by atoms with Crippen LogP contribution in [-0.2, 0) is 9.59 Å². The number of hydrogen-bond donors (Lipinski definition) is 1. The fourth-order valence-electron chi connectivity index (χ4n) is 2.19. The quantitative estimate of drug-likeness (QED) is 0.664. The topological polar surface area (TPSA) is 49.4 Å². The van der Waals surface area contributed by atoms with E-state index in [0.717, 1.165) is 11.1 Å². The molecule has 116 valence electrons. The molecule has 3 rings (SSSR count). The van der Waals surface area contributed by atoms with Crippen molar-refractivity contribution in [3.05, 3.63) is 69.2 Å². The highest BCUT2D eigenvalue weighted by Gasteiger charge is 2.34. The Morgan fingerprint density at radius 3 is 2.39 bits per heavy atom. The highest BCUT2D eigenvalue weighted by atomic mass is 35.5. The highest BCUT2D eigenvalue weighted by molar-refractivity contribution is 6.33. The van der Waals surface area contributed by atoms with E-state index in [1.165, 1.54) is 11.1 Å². The van der Waals surface area contributed by atoms with E-state index in [-0.39, 0.29) is 5.57 Å². The van der Waals surface area contributed by atoms with Crippen molar-refractivity contribution >= 4 is 46.8 Å². The molecule has 0 radical (unpaired) electrons. The molecule has 23 heavy (non-hydrogen) atoms. The van der Waals surface area contributed by atoms with E-state index in [2.05, 4.69) is 5.43 Å². The zero-order valence-corrected chi connectivity index (χ0v) is 13.7. The van der Waals surface area contributed by atoms with Crippen molar-refractivity contribution in [1.29, 1.82) is 0 Å². The average Bonchev–Trinajstić information content (AvgIpc) is 2.80. The number of hydrogen-bond acceptors (Lipinski definition) is 2. The number of nitrogens with one attached hydrogen (secondary N) is 1. The number of benzene rings is 2. The molecule has 1 N–H and O–H groups in total. The standard InChI is InChI=1S/C17H12Cl2N2O2/c1-10-2-7-13(9-15(10)19)21-17(23)14(16(22)20-21)8-11-3-5-12(18)6-4-11/h2-9H,1H3,(H,20,22)/b14-8+. The minimum Gasteiger partial charge on any atom is -0.267 e. The molecule has 0 atom stereocenters. The largest absolute Gasteiger partial charge is 0.282 e. The molecule has 0 aromatic heterocycles. The Kier molecular flexibility index (Phi) is 4.11. The number of carbonyl (C=O) groups excluding carboxylic acids is 2. The van der Waals surface area contributed by atoms with Gasteiger partial charge in [-0.2, -0.15) is 0 Å². The van der Waals surface area contributed by atoms with Crippen LogP contribution in [0, 0.1) is 6.92 Å². The maximum absolute atomic E-state index is 12.5. The van der Waals surface area contributed by atoms with Crippen LogP contribution < -0.4 is 10.4 Å². The van der Waals surface area contributed by atoms with E-state index < -0.39 is 11.8 Å². The molecule has 0 aliphatic carbocycles. The third-order valence-corrected chi connectivity index (χ3v) is 4.15. The fraction of sp³-hybridized carbons (Fsp3) is 0.0588. The number of halogens is 2. The summed E-state index contributed by atoms with van der Waals surface area (Å²) in [5.41, 5.74) is 4.72. The zero-order chi connectivity index (χ0) is 16.6. The first-order valence-electron chi connectivity index (χ1n) is 6.84. The Bertz CT molecular complexity index is 829. The maximum Gasteiger partial charge on any atom is 0.282 e. The molecule has 2 aromatic carbocycles. The van der Waals surface area contributed by atoms with Crippen molar-refractivity contribution in [3.63, 3.8) is 0 Å². The van der Waals surface area contributed by atoms with Gasteiger partial charge in [-0.15, -0.1) is 0 Å². The monoisotopic (exact) mass is 346 g/mol. The van der Waals surface area contributed by atoms with Crippen LogP contribution >= 0.6 is 23.2 Å². The predicted molar refractivity (Wildman–Crippen MR) is 91.2 cm³/mol. The van der Waals surface area contributed by atoms with Gasteiger partial charge in [0.2, 0.25) is 0 Å². The molecule has 4 nitrogen and oxygen atoms in total. The molecule has 1 aliphatic rings. The van der Waals surface area contributed by atoms with Crippen LogP contribution in [0.5, 0.6) is 0 Å². The summed E-state index contributed by atoms with van der Waals surface area (Å²) in [7, 11) is 0. The molecule has 1 saturated heterocycles. The maximum atomic E-state index is 12.5. The van der Waals surface area contributed by atoms with Crippen molar-refractivity contribution in [2.45, 2.75) is 6.92 Å². The molecule has 2 amide bonds. The lowest BCUT2D eigenvalue weighted by Crippen LogP contribution is -2.35. The number of aryl methyl sites for hydroxylation is 1. The lowest BCUT2D eigenvalue weighted by molar-refractivity contribution is -0.117. The molecule has 1 heterocycles. The van der Waals surface area contributed by atoms with Crippen molar-refractivity contribution < 1.29 is 9.59 Å². The summed E-state index contributed by atoms with van der Waals surface area (Å²) in [6, 6.07) is 12.0. The average molecular weight is 347 g/mol. The molecular weight excluding hydrogens is 335 g/mol. The van der Waals surface area contributed by atoms with E-state index >= 15 is 0 Å². The predicted octanol–water partition coefficient (Wildman–Crippen LogP) is 3.76. The molecule has 2 aromatic rings. The number of amides is 2. The van der Waals surface area contributed by atoms with Gasteiger partial charge >= 0.3 is 0 Å². The molecule has 0 unspecified atom stereocenters. The summed E-state index contributed by atoms with van der Waals surface area (Å²) in [6.07, 6.45) is 1.53. The summed E-state index contributed by atoms with van der Waals surface area (Å²) in [5.74, 6) is -0.883. The van der Waals surface area contributed by atoms with Crippen molar-refractivity contribution in [3.8, 4) is 0 Å². The van der Waals surface area contributed by atoms with Crippen LogP contribution in [0.25, 0.3) is 6.08 Å². The van der Waals surface area contributed by atoms with Crippen LogP contribution in [0.2, 0.25) is 10.0 Å². The van der Waals surface area contributed by atoms with Gasteiger partial charge in [-0.3, -0.25) is 15.0 Å². The lowest BCUT2D eigenvalue weighted by atomic mass is 10.1. The molecule has 6 heteroatoms. The van der Waals surface area contributed by atoms with Gasteiger partial charge in [-0.1, -0.05) is 41.4 Å². The molecule has 0 saturated carbocycles. The molecule has 1 fully saturated rings. The van der Waals surface area contributed by atoms with E-state index in [0.29, 0.717) is 15.7 Å². The molecular formula is C17H12Cl2N2O2. The van der Waals surface area contributed by atoms with Gasteiger partial charge in [-0.05, 0) is 48.4 Å². The van der Waals surface area contributed by atoms with Gasteiger partial charge in [0, 0.05) is 10.0 Å². The first-order valence-corrected chi connectivity index (χ1v) is 7.60. The van der Waals surface area contributed by atoms with E-state index in [4.69, 9.17) is 23.2 Å². The number of rotatable bonds is 2. The number of nitrogens with zero attached hydrogens (tertiary/aromatic N) is 1. The third-order valence-electron chi connectivity index (χ3n) is 3.49. The summed E-state index contributed by atoms with van der Waals surface area (Å²) in [4.78, 5) is 24.6. The van der Waals surface area contributed by atoms with Gasteiger partial charge in [0.15, 0.2) is 0 Å². The SMILES string of the molecule is Cc1ccc(N2NC(=O)/C(=C\c3ccc(Cl)cc3)C2=O)cc1Cl. The Balaban J connectivity index is 1.93. The number of carbonyl (C=O) groups is 2. The minimum absolute atomic E-state index is 0.0593. The molecule has 0 bridgehead atoms. The van der Waals surface area contributed by atoms with Crippen LogP contribution in [-0.4, -0.2) is 11.8 Å². The summed E-state index contributed by atoms with van der Waals surface area (Å²) >= 11 is 11.9. The van der Waals surface area contributed by atoms with Gasteiger partial charge in [0.1, 0.15) is 5.57 Å². The molecule has 0 spiro atoms.